The van der Waals surface area contributed by atoms with Crippen LogP contribution in [0, 0.1) is 0 Å². The van der Waals surface area contributed by atoms with Crippen LogP contribution in [0.3, 0.4) is 0 Å². The molecule has 2 aliphatic rings. The number of aliphatic hydroxyl groups excluding tert-OH is 1. The summed E-state index contributed by atoms with van der Waals surface area (Å²) < 4.78 is 9.92. The number of thiazole rings is 1. The van der Waals surface area contributed by atoms with Gasteiger partial charge in [-0.15, -0.1) is 11.3 Å². The minimum Gasteiger partial charge on any atom is -0.492 e. The van der Waals surface area contributed by atoms with Gasteiger partial charge >= 0.3 is 0 Å². The largest absolute Gasteiger partial charge is 0.492 e. The maximum absolute atomic E-state index is 11.9. The number of amides is 1. The molecule has 1 fully saturated rings. The molecule has 10 nitrogen and oxygen atoms in total. The van der Waals surface area contributed by atoms with Crippen molar-refractivity contribution in [2.24, 2.45) is 0 Å². The topological polar surface area (TPSA) is 111 Å². The van der Waals surface area contributed by atoms with Gasteiger partial charge in [0, 0.05) is 47.8 Å². The van der Waals surface area contributed by atoms with Crippen LogP contribution in [0.5, 0.6) is 5.75 Å². The Morgan fingerprint density at radius 3 is 2.81 bits per heavy atom. The predicted molar refractivity (Wildman–Crippen MR) is 135 cm³/mol. The predicted octanol–water partition coefficient (Wildman–Crippen LogP) is 3.21. The highest BCUT2D eigenvalue weighted by atomic mass is 32.1. The van der Waals surface area contributed by atoms with Gasteiger partial charge in [-0.25, -0.2) is 14.6 Å². The molecule has 6 rings (SSSR count). The lowest BCUT2D eigenvalue weighted by molar-refractivity contribution is -0.145. The summed E-state index contributed by atoms with van der Waals surface area (Å²) in [4.78, 5) is 24.2. The van der Waals surface area contributed by atoms with Crippen LogP contribution >= 0.6 is 11.3 Å². The van der Waals surface area contributed by atoms with E-state index in [9.17, 15) is 9.90 Å². The third-order valence-corrected chi connectivity index (χ3v) is 7.73. The summed E-state index contributed by atoms with van der Waals surface area (Å²) in [6.07, 6.45) is 5.23. The van der Waals surface area contributed by atoms with E-state index in [2.05, 4.69) is 41.2 Å². The number of aromatic nitrogens is 6. The molecule has 2 aliphatic heterocycles. The summed E-state index contributed by atoms with van der Waals surface area (Å²) in [5.74, 6) is 1.35. The van der Waals surface area contributed by atoms with Gasteiger partial charge in [-0.1, -0.05) is 6.07 Å². The zero-order valence-electron chi connectivity index (χ0n) is 20.3. The number of ether oxygens (including phenoxy) is 1. The van der Waals surface area contributed by atoms with Crippen molar-refractivity contribution in [1.29, 1.82) is 0 Å². The van der Waals surface area contributed by atoms with Crippen molar-refractivity contribution < 1.29 is 14.6 Å². The van der Waals surface area contributed by atoms with Crippen LogP contribution in [0.1, 0.15) is 37.7 Å². The molecule has 1 aromatic carbocycles. The van der Waals surface area contributed by atoms with E-state index >= 15 is 0 Å². The first-order valence-electron chi connectivity index (χ1n) is 12.1. The van der Waals surface area contributed by atoms with Gasteiger partial charge in [-0.05, 0) is 38.5 Å². The second-order valence-corrected chi connectivity index (χ2v) is 10.6. The lowest BCUT2D eigenvalue weighted by Crippen LogP contribution is -2.53. The molecule has 0 radical (unpaired) electrons. The second-order valence-electron chi connectivity index (χ2n) is 9.50. The van der Waals surface area contributed by atoms with Gasteiger partial charge in [0.15, 0.2) is 10.8 Å². The Balaban J connectivity index is 1.26. The molecule has 186 valence electrons. The lowest BCUT2D eigenvalue weighted by atomic mass is 10.0. The fourth-order valence-corrected chi connectivity index (χ4v) is 5.68. The number of carbonyl (C=O) groups excluding carboxylic acids is 1. The average Bonchev–Trinajstić information content (AvgIpc) is 3.56. The Hall–Kier alpha value is -3.57. The fourth-order valence-electron chi connectivity index (χ4n) is 4.63. The number of likely N-dealkylation sites (tertiary alicyclic amines) is 1. The molecule has 0 spiro atoms. The van der Waals surface area contributed by atoms with E-state index in [0.717, 1.165) is 45.4 Å². The molecule has 1 unspecified atom stereocenters. The summed E-state index contributed by atoms with van der Waals surface area (Å²) >= 11 is 1.65. The van der Waals surface area contributed by atoms with Crippen molar-refractivity contribution in [3.63, 3.8) is 0 Å². The van der Waals surface area contributed by atoms with Crippen molar-refractivity contribution in [2.45, 2.75) is 45.4 Å². The third kappa shape index (κ3) is 3.88. The molecule has 1 amide bonds. The van der Waals surface area contributed by atoms with Crippen LogP contribution in [0.4, 0.5) is 0 Å². The van der Waals surface area contributed by atoms with Gasteiger partial charge in [-0.2, -0.15) is 10.2 Å². The van der Waals surface area contributed by atoms with Crippen molar-refractivity contribution in [1.82, 2.24) is 34.4 Å². The molecular weight excluding hydrogens is 478 g/mol. The maximum atomic E-state index is 11.9. The molecule has 1 N–H and O–H groups in total. The number of benzene rings is 1. The second kappa shape index (κ2) is 8.82. The van der Waals surface area contributed by atoms with Crippen molar-refractivity contribution in [3.05, 3.63) is 41.8 Å². The number of hydrogen-bond acceptors (Lipinski definition) is 8. The summed E-state index contributed by atoms with van der Waals surface area (Å²) in [6, 6.07) is 6.49. The van der Waals surface area contributed by atoms with Gasteiger partial charge in [0.1, 0.15) is 18.2 Å². The summed E-state index contributed by atoms with van der Waals surface area (Å²) in [5, 5.41) is 19.2. The molecule has 1 saturated heterocycles. The lowest BCUT2D eigenvalue weighted by Gasteiger charge is -2.39. The van der Waals surface area contributed by atoms with E-state index in [0.29, 0.717) is 19.7 Å². The molecule has 5 heterocycles. The van der Waals surface area contributed by atoms with Crippen LogP contribution in [0.15, 0.2) is 36.9 Å². The highest BCUT2D eigenvalue weighted by Crippen LogP contribution is 2.41. The van der Waals surface area contributed by atoms with Gasteiger partial charge in [0.25, 0.3) is 5.91 Å². The number of rotatable bonds is 5. The van der Waals surface area contributed by atoms with E-state index in [4.69, 9.17) is 9.72 Å². The highest BCUT2D eigenvalue weighted by molar-refractivity contribution is 7.15. The Labute approximate surface area is 212 Å². The highest BCUT2D eigenvalue weighted by Gasteiger charge is 2.34. The van der Waals surface area contributed by atoms with Gasteiger partial charge in [0.2, 0.25) is 0 Å². The molecule has 0 bridgehead atoms. The van der Waals surface area contributed by atoms with Crippen molar-refractivity contribution in [3.8, 4) is 39.0 Å². The molecular formula is C25H27N7O3S. The van der Waals surface area contributed by atoms with Crippen molar-refractivity contribution in [2.75, 3.05) is 19.7 Å². The first-order chi connectivity index (χ1) is 17.4. The fraction of sp³-hybridized carbons (Fsp3) is 0.400. The third-order valence-electron chi connectivity index (χ3n) is 6.61. The minimum absolute atomic E-state index is 0.113. The van der Waals surface area contributed by atoms with E-state index in [1.165, 1.54) is 11.8 Å². The van der Waals surface area contributed by atoms with Crippen LogP contribution in [0.25, 0.3) is 33.2 Å². The van der Waals surface area contributed by atoms with Crippen LogP contribution in [-0.2, 0) is 11.2 Å². The molecule has 3 aromatic heterocycles. The standard InChI is InChI=1S/C25H27N7O3S/c1-14(2)32-23(26-13-28-32)24-29-22-19-5-4-16(8-20(19)35-7-6-21(22)36-24)17-9-27-31(10-17)18-11-30(12-18)25(34)15(3)33/h4-5,8-10,13-15,18,33H,6-7,11-12H2,1-3H3. The summed E-state index contributed by atoms with van der Waals surface area (Å²) in [7, 11) is 0. The van der Waals surface area contributed by atoms with Crippen LogP contribution < -0.4 is 4.74 Å². The summed E-state index contributed by atoms with van der Waals surface area (Å²) in [6.45, 7) is 7.35. The number of aliphatic hydroxyl groups is 1. The Bertz CT molecular complexity index is 1430. The molecule has 11 heteroatoms. The van der Waals surface area contributed by atoms with E-state index < -0.39 is 6.10 Å². The zero-order chi connectivity index (χ0) is 25.0. The zero-order valence-corrected chi connectivity index (χ0v) is 21.1. The molecule has 1 atom stereocenters. The monoisotopic (exact) mass is 505 g/mol. The molecule has 0 aliphatic carbocycles. The van der Waals surface area contributed by atoms with E-state index in [-0.39, 0.29) is 18.0 Å². The normalized spacial score (nSPS) is 16.2. The van der Waals surface area contributed by atoms with Gasteiger partial charge in [-0.3, -0.25) is 9.48 Å². The van der Waals surface area contributed by atoms with Gasteiger partial charge in [0.05, 0.1) is 24.5 Å². The molecule has 0 saturated carbocycles. The molecule has 4 aromatic rings. The Morgan fingerprint density at radius 2 is 2.03 bits per heavy atom. The quantitative estimate of drug-likeness (QED) is 0.443. The van der Waals surface area contributed by atoms with Crippen LogP contribution in [-0.4, -0.2) is 71.2 Å². The minimum atomic E-state index is -0.971. The first kappa shape index (κ1) is 22.9. The average molecular weight is 506 g/mol. The van der Waals surface area contributed by atoms with Crippen LogP contribution in [0.2, 0.25) is 0 Å². The van der Waals surface area contributed by atoms with E-state index in [1.807, 2.05) is 27.8 Å². The number of carbonyl (C=O) groups is 1. The smallest absolute Gasteiger partial charge is 0.251 e. The Kier molecular flexibility index (Phi) is 5.60. The Morgan fingerprint density at radius 1 is 1.19 bits per heavy atom. The van der Waals surface area contributed by atoms with E-state index in [1.54, 1.807) is 22.6 Å². The maximum Gasteiger partial charge on any atom is 0.251 e. The SMILES string of the molecule is CC(O)C(=O)N1CC(n2cc(-c3ccc4c(c3)OCCc3sc(-c5ncnn5C(C)C)nc3-4)cn2)C1. The van der Waals surface area contributed by atoms with Gasteiger partial charge < -0.3 is 14.7 Å². The summed E-state index contributed by atoms with van der Waals surface area (Å²) in [5.41, 5.74) is 3.91. The molecule has 36 heavy (non-hydrogen) atoms. The number of hydrogen-bond donors (Lipinski definition) is 1. The number of fused-ring (bicyclic) bond motifs is 3. The number of nitrogens with zero attached hydrogens (tertiary/aromatic N) is 7. The first-order valence-corrected chi connectivity index (χ1v) is 12.9. The van der Waals surface area contributed by atoms with Crippen molar-refractivity contribution >= 4 is 17.2 Å².